The lowest BCUT2D eigenvalue weighted by Crippen LogP contribution is -2.54. The Labute approximate surface area is 98.9 Å². The van der Waals surface area contributed by atoms with E-state index in [0.717, 1.165) is 0 Å². The maximum Gasteiger partial charge on any atom is 0.164 e. The highest BCUT2D eigenvalue weighted by molar-refractivity contribution is 5.23. The summed E-state index contributed by atoms with van der Waals surface area (Å²) in [5.74, 6) is -0.714. The lowest BCUT2D eigenvalue weighted by atomic mass is 9.85. The van der Waals surface area contributed by atoms with Crippen molar-refractivity contribution in [2.24, 2.45) is 0 Å². The molecule has 17 heavy (non-hydrogen) atoms. The molecule has 1 aliphatic heterocycles. The third-order valence-corrected chi connectivity index (χ3v) is 3.08. The molecule has 1 fully saturated rings. The predicted molar refractivity (Wildman–Crippen MR) is 59.2 cm³/mol. The van der Waals surface area contributed by atoms with E-state index >= 15 is 0 Å². The first-order valence-electron chi connectivity index (χ1n) is 5.50. The maximum absolute atomic E-state index is 9.96. The molecule has 5 nitrogen and oxygen atoms in total. The van der Waals surface area contributed by atoms with Gasteiger partial charge in [-0.3, -0.25) is 0 Å². The van der Waals surface area contributed by atoms with Crippen LogP contribution in [0.2, 0.25) is 0 Å². The Morgan fingerprint density at radius 3 is 2.24 bits per heavy atom. The van der Waals surface area contributed by atoms with Crippen molar-refractivity contribution >= 4 is 0 Å². The molecule has 0 saturated carbocycles. The van der Waals surface area contributed by atoms with Gasteiger partial charge in [0.2, 0.25) is 0 Å². The van der Waals surface area contributed by atoms with Gasteiger partial charge in [-0.2, -0.15) is 0 Å². The van der Waals surface area contributed by atoms with E-state index in [0.29, 0.717) is 5.56 Å². The van der Waals surface area contributed by atoms with E-state index in [2.05, 4.69) is 0 Å². The molecule has 2 rings (SSSR count). The highest BCUT2D eigenvalue weighted by atomic mass is 16.6. The molecule has 1 aromatic carbocycles. The first kappa shape index (κ1) is 12.5. The molecule has 1 aliphatic rings. The molecule has 94 valence electrons. The summed E-state index contributed by atoms with van der Waals surface area (Å²) in [6.07, 6.45) is -4.58. The predicted octanol–water partition coefficient (Wildman–Crippen LogP) is -0.799. The molecule has 0 aromatic heterocycles. The lowest BCUT2D eigenvalue weighted by Gasteiger charge is -2.40. The number of hydrogen-bond acceptors (Lipinski definition) is 5. The van der Waals surface area contributed by atoms with Gasteiger partial charge in [-0.05, 0) is 5.56 Å². The zero-order valence-corrected chi connectivity index (χ0v) is 9.18. The minimum Gasteiger partial charge on any atom is -0.394 e. The van der Waals surface area contributed by atoms with E-state index in [9.17, 15) is 15.3 Å². The summed E-state index contributed by atoms with van der Waals surface area (Å²) in [5.41, 5.74) is 0.683. The smallest absolute Gasteiger partial charge is 0.164 e. The molecule has 5 heteroatoms. The van der Waals surface area contributed by atoms with Crippen molar-refractivity contribution in [2.75, 3.05) is 6.61 Å². The van der Waals surface area contributed by atoms with E-state index in [1.54, 1.807) is 24.3 Å². The second-order valence-electron chi connectivity index (χ2n) is 4.17. The molecular weight excluding hydrogens is 224 g/mol. The lowest BCUT2D eigenvalue weighted by molar-refractivity contribution is -0.251. The zero-order chi connectivity index (χ0) is 12.4. The van der Waals surface area contributed by atoms with Gasteiger partial charge in [-0.1, -0.05) is 30.3 Å². The fourth-order valence-electron chi connectivity index (χ4n) is 2.13. The maximum atomic E-state index is 9.96. The molecule has 0 aliphatic carbocycles. The SMILES string of the molecule is OC[C@H]1OC(O)[C@H](c2ccccc2)[C@@H](O)[C@@H]1O. The summed E-state index contributed by atoms with van der Waals surface area (Å²) in [6, 6.07) is 8.86. The molecule has 1 unspecified atom stereocenters. The van der Waals surface area contributed by atoms with Crippen LogP contribution < -0.4 is 0 Å². The van der Waals surface area contributed by atoms with Gasteiger partial charge in [-0.15, -0.1) is 0 Å². The van der Waals surface area contributed by atoms with Gasteiger partial charge in [-0.25, -0.2) is 0 Å². The highest BCUT2D eigenvalue weighted by Gasteiger charge is 2.44. The van der Waals surface area contributed by atoms with Gasteiger partial charge in [0.05, 0.1) is 18.6 Å². The molecule has 1 aromatic rings. The molecule has 4 N–H and O–H groups in total. The molecule has 0 spiro atoms. The Bertz CT molecular complexity index is 355. The first-order valence-corrected chi connectivity index (χ1v) is 5.50. The Hall–Kier alpha value is -0.980. The van der Waals surface area contributed by atoms with E-state index in [1.165, 1.54) is 0 Å². The molecule has 0 amide bonds. The van der Waals surface area contributed by atoms with E-state index in [1.807, 2.05) is 6.07 Å². The molecule has 1 heterocycles. The van der Waals surface area contributed by atoms with Crippen LogP contribution in [0, 0.1) is 0 Å². The Kier molecular flexibility index (Phi) is 3.76. The van der Waals surface area contributed by atoms with Crippen LogP contribution in [0.15, 0.2) is 30.3 Å². The van der Waals surface area contributed by atoms with Crippen LogP contribution in [0.3, 0.4) is 0 Å². The fourth-order valence-corrected chi connectivity index (χ4v) is 2.13. The minimum atomic E-state index is -1.24. The highest BCUT2D eigenvalue weighted by Crippen LogP contribution is 2.32. The van der Waals surface area contributed by atoms with Crippen molar-refractivity contribution in [2.45, 2.75) is 30.5 Å². The number of ether oxygens (including phenoxy) is 1. The minimum absolute atomic E-state index is 0.448. The normalized spacial score (nSPS) is 38.0. The topological polar surface area (TPSA) is 90.2 Å². The van der Waals surface area contributed by atoms with Crippen molar-refractivity contribution in [3.05, 3.63) is 35.9 Å². The third kappa shape index (κ3) is 2.34. The summed E-state index contributed by atoms with van der Waals surface area (Å²) >= 11 is 0. The van der Waals surface area contributed by atoms with Crippen LogP contribution in [0.4, 0.5) is 0 Å². The average Bonchev–Trinajstić information content (AvgIpc) is 2.35. The van der Waals surface area contributed by atoms with Gasteiger partial charge in [0, 0.05) is 0 Å². The van der Waals surface area contributed by atoms with Gasteiger partial charge >= 0.3 is 0 Å². The largest absolute Gasteiger partial charge is 0.394 e. The van der Waals surface area contributed by atoms with E-state index in [4.69, 9.17) is 9.84 Å². The average molecular weight is 240 g/mol. The van der Waals surface area contributed by atoms with Crippen LogP contribution in [-0.2, 0) is 4.74 Å². The summed E-state index contributed by atoms with van der Waals surface area (Å²) in [5, 5.41) is 38.5. The summed E-state index contributed by atoms with van der Waals surface area (Å²) in [7, 11) is 0. The second kappa shape index (κ2) is 5.12. The van der Waals surface area contributed by atoms with Crippen molar-refractivity contribution in [3.63, 3.8) is 0 Å². The molecule has 5 atom stereocenters. The second-order valence-corrected chi connectivity index (χ2v) is 4.17. The van der Waals surface area contributed by atoms with Crippen LogP contribution in [0.25, 0.3) is 0 Å². The number of aliphatic hydroxyl groups excluding tert-OH is 4. The number of rotatable bonds is 2. The zero-order valence-electron chi connectivity index (χ0n) is 9.18. The van der Waals surface area contributed by atoms with Crippen molar-refractivity contribution in [1.29, 1.82) is 0 Å². The van der Waals surface area contributed by atoms with Gasteiger partial charge < -0.3 is 25.2 Å². The van der Waals surface area contributed by atoms with Crippen LogP contribution in [-0.4, -0.2) is 51.6 Å². The standard InChI is InChI=1S/C12H16O5/c13-6-8-10(14)11(15)9(12(16)17-8)7-4-2-1-3-5-7/h1-5,8-16H,6H2/t8-,9-,10-,11-,12?/m1/s1. The van der Waals surface area contributed by atoms with Gasteiger partial charge in [0.15, 0.2) is 6.29 Å². The quantitative estimate of drug-likeness (QED) is 0.543. The molecule has 0 bridgehead atoms. The third-order valence-electron chi connectivity index (χ3n) is 3.08. The summed E-state index contributed by atoms with van der Waals surface area (Å²) in [6.45, 7) is -0.448. The number of benzene rings is 1. The van der Waals surface area contributed by atoms with Crippen molar-refractivity contribution in [3.8, 4) is 0 Å². The van der Waals surface area contributed by atoms with Crippen LogP contribution >= 0.6 is 0 Å². The summed E-state index contributed by atoms with van der Waals surface area (Å²) < 4.78 is 5.08. The summed E-state index contributed by atoms with van der Waals surface area (Å²) in [4.78, 5) is 0. The monoisotopic (exact) mass is 240 g/mol. The van der Waals surface area contributed by atoms with Gasteiger partial charge in [0.25, 0.3) is 0 Å². The van der Waals surface area contributed by atoms with Crippen molar-refractivity contribution < 1.29 is 25.2 Å². The van der Waals surface area contributed by atoms with Gasteiger partial charge in [0.1, 0.15) is 12.2 Å². The van der Waals surface area contributed by atoms with E-state index in [-0.39, 0.29) is 0 Å². The van der Waals surface area contributed by atoms with E-state index < -0.39 is 37.1 Å². The number of hydrogen-bond donors (Lipinski definition) is 4. The fraction of sp³-hybridized carbons (Fsp3) is 0.500. The Morgan fingerprint density at radius 1 is 1.00 bits per heavy atom. The number of aliphatic hydroxyl groups is 4. The molecular formula is C12H16O5. The Morgan fingerprint density at radius 2 is 1.65 bits per heavy atom. The van der Waals surface area contributed by atoms with Crippen LogP contribution in [0.1, 0.15) is 11.5 Å². The molecule has 0 radical (unpaired) electrons. The first-order chi connectivity index (χ1) is 8.15. The van der Waals surface area contributed by atoms with Crippen molar-refractivity contribution in [1.82, 2.24) is 0 Å². The Balaban J connectivity index is 2.24. The van der Waals surface area contributed by atoms with Crippen LogP contribution in [0.5, 0.6) is 0 Å². The molecule has 1 saturated heterocycles.